The maximum Gasteiger partial charge on any atom is 0.290 e. The third-order valence-electron chi connectivity index (χ3n) is 6.65. The number of aromatic nitrogens is 2. The molecule has 2 heterocycles. The van der Waals surface area contributed by atoms with Crippen molar-refractivity contribution in [2.24, 2.45) is 0 Å². The predicted molar refractivity (Wildman–Crippen MR) is 150 cm³/mol. The quantitative estimate of drug-likeness (QED) is 0.239. The number of amides is 1. The van der Waals surface area contributed by atoms with Crippen LogP contribution in [-0.2, 0) is 6.61 Å². The second-order valence-corrected chi connectivity index (χ2v) is 9.67. The SMILES string of the molecule is CCNC(=O)c1onc(-c2cc(C(C)C)c(C)cc2OCc2ccccc2)c1-c1ccc2cnccc2c1. The first kappa shape index (κ1) is 25.2. The molecule has 2 aromatic heterocycles. The van der Waals surface area contributed by atoms with E-state index >= 15 is 0 Å². The number of fused-ring (bicyclic) bond motifs is 1. The number of rotatable bonds is 8. The molecule has 0 radical (unpaired) electrons. The molecule has 0 saturated carbocycles. The largest absolute Gasteiger partial charge is 0.488 e. The Balaban J connectivity index is 1.70. The van der Waals surface area contributed by atoms with Crippen LogP contribution in [-0.4, -0.2) is 22.6 Å². The fraction of sp³-hybridized carbons (Fsp3) is 0.219. The Morgan fingerprint density at radius 3 is 2.61 bits per heavy atom. The Kier molecular flexibility index (Phi) is 7.22. The summed E-state index contributed by atoms with van der Waals surface area (Å²) in [5.41, 5.74) is 6.23. The van der Waals surface area contributed by atoms with Gasteiger partial charge in [-0.15, -0.1) is 0 Å². The van der Waals surface area contributed by atoms with Crippen LogP contribution >= 0.6 is 0 Å². The van der Waals surface area contributed by atoms with Gasteiger partial charge in [0.1, 0.15) is 18.1 Å². The minimum Gasteiger partial charge on any atom is -0.488 e. The number of hydrogen-bond acceptors (Lipinski definition) is 5. The van der Waals surface area contributed by atoms with Crippen molar-refractivity contribution < 1.29 is 14.1 Å². The zero-order valence-electron chi connectivity index (χ0n) is 22.1. The molecule has 1 N–H and O–H groups in total. The predicted octanol–water partition coefficient (Wildman–Crippen LogP) is 7.32. The van der Waals surface area contributed by atoms with Crippen LogP contribution in [0.15, 0.2) is 83.6 Å². The third kappa shape index (κ3) is 5.02. The fourth-order valence-electron chi connectivity index (χ4n) is 4.74. The molecule has 0 fully saturated rings. The summed E-state index contributed by atoms with van der Waals surface area (Å²) in [6.45, 7) is 9.19. The van der Waals surface area contributed by atoms with Crippen LogP contribution in [0.3, 0.4) is 0 Å². The number of nitrogens with one attached hydrogen (secondary N) is 1. The molecular formula is C32H31N3O3. The summed E-state index contributed by atoms with van der Waals surface area (Å²) < 4.78 is 12.1. The van der Waals surface area contributed by atoms with E-state index in [1.165, 1.54) is 5.56 Å². The lowest BCUT2D eigenvalue weighted by Gasteiger charge is -2.17. The zero-order chi connectivity index (χ0) is 26.6. The molecule has 6 nitrogen and oxygen atoms in total. The molecule has 3 aromatic carbocycles. The first-order valence-electron chi connectivity index (χ1n) is 12.9. The molecule has 0 aliphatic carbocycles. The van der Waals surface area contributed by atoms with Crippen LogP contribution in [0.5, 0.6) is 5.75 Å². The number of hydrogen-bond donors (Lipinski definition) is 1. The van der Waals surface area contributed by atoms with Crippen molar-refractivity contribution in [2.45, 2.75) is 40.2 Å². The highest BCUT2D eigenvalue weighted by molar-refractivity contribution is 6.03. The molecule has 0 atom stereocenters. The summed E-state index contributed by atoms with van der Waals surface area (Å²) in [6, 6.07) is 22.2. The first-order valence-corrected chi connectivity index (χ1v) is 12.9. The lowest BCUT2D eigenvalue weighted by Crippen LogP contribution is -2.22. The van der Waals surface area contributed by atoms with Crippen molar-refractivity contribution in [1.29, 1.82) is 0 Å². The Morgan fingerprint density at radius 1 is 1.03 bits per heavy atom. The number of pyridine rings is 1. The summed E-state index contributed by atoms with van der Waals surface area (Å²) in [5.74, 6) is 0.857. The van der Waals surface area contributed by atoms with Gasteiger partial charge in [-0.05, 0) is 71.7 Å². The van der Waals surface area contributed by atoms with Gasteiger partial charge in [-0.3, -0.25) is 9.78 Å². The lowest BCUT2D eigenvalue weighted by atomic mass is 9.91. The molecule has 6 heteroatoms. The standard InChI is InChI=1S/C32H31N3O3/c1-5-34-32(36)31-29(24-11-12-25-18-33-14-13-23(25)16-24)30(35-38-31)27-17-26(20(2)3)21(4)15-28(27)37-19-22-9-7-6-8-10-22/h6-18,20H,5,19H2,1-4H3,(H,34,36). The van der Waals surface area contributed by atoms with Crippen LogP contribution in [0.25, 0.3) is 33.2 Å². The van der Waals surface area contributed by atoms with E-state index in [9.17, 15) is 4.79 Å². The first-order chi connectivity index (χ1) is 18.5. The molecular weight excluding hydrogens is 474 g/mol. The molecule has 0 aliphatic heterocycles. The van der Waals surface area contributed by atoms with E-state index in [4.69, 9.17) is 9.26 Å². The van der Waals surface area contributed by atoms with E-state index in [0.717, 1.165) is 33.0 Å². The van der Waals surface area contributed by atoms with Gasteiger partial charge in [0, 0.05) is 29.9 Å². The molecule has 5 rings (SSSR count). The van der Waals surface area contributed by atoms with Gasteiger partial charge < -0.3 is 14.6 Å². The van der Waals surface area contributed by atoms with Gasteiger partial charge in [0.2, 0.25) is 5.76 Å². The second kappa shape index (κ2) is 10.9. The maximum absolute atomic E-state index is 13.1. The van der Waals surface area contributed by atoms with E-state index in [2.05, 4.69) is 48.4 Å². The lowest BCUT2D eigenvalue weighted by molar-refractivity contribution is 0.0920. The van der Waals surface area contributed by atoms with Crippen molar-refractivity contribution >= 4 is 16.7 Å². The maximum atomic E-state index is 13.1. The number of carbonyl (C=O) groups is 1. The molecule has 0 saturated heterocycles. The summed E-state index contributed by atoms with van der Waals surface area (Å²) in [7, 11) is 0. The molecule has 192 valence electrons. The van der Waals surface area contributed by atoms with Crippen molar-refractivity contribution in [3.63, 3.8) is 0 Å². The van der Waals surface area contributed by atoms with E-state index in [1.54, 1.807) is 6.20 Å². The molecule has 5 aromatic rings. The number of aryl methyl sites for hydroxylation is 1. The van der Waals surface area contributed by atoms with Gasteiger partial charge in [0.25, 0.3) is 5.91 Å². The Labute approximate surface area is 222 Å². The molecule has 0 bridgehead atoms. The fourth-order valence-corrected chi connectivity index (χ4v) is 4.74. The molecule has 0 unspecified atom stereocenters. The van der Waals surface area contributed by atoms with Crippen molar-refractivity contribution in [1.82, 2.24) is 15.5 Å². The topological polar surface area (TPSA) is 77.2 Å². The number of nitrogens with zero attached hydrogens (tertiary/aromatic N) is 2. The highest BCUT2D eigenvalue weighted by Gasteiger charge is 2.27. The zero-order valence-corrected chi connectivity index (χ0v) is 22.1. The second-order valence-electron chi connectivity index (χ2n) is 9.67. The Bertz CT molecular complexity index is 1590. The van der Waals surface area contributed by atoms with Crippen molar-refractivity contribution in [3.05, 3.63) is 102 Å². The van der Waals surface area contributed by atoms with Gasteiger partial charge in [-0.25, -0.2) is 0 Å². The highest BCUT2D eigenvalue weighted by Crippen LogP contribution is 2.42. The molecule has 38 heavy (non-hydrogen) atoms. The van der Waals surface area contributed by atoms with Gasteiger partial charge >= 0.3 is 0 Å². The summed E-state index contributed by atoms with van der Waals surface area (Å²) in [4.78, 5) is 17.3. The smallest absolute Gasteiger partial charge is 0.290 e. The summed E-state index contributed by atoms with van der Waals surface area (Å²) in [5, 5.41) is 9.35. The minimum absolute atomic E-state index is 0.177. The van der Waals surface area contributed by atoms with Gasteiger partial charge in [-0.2, -0.15) is 0 Å². The van der Waals surface area contributed by atoms with E-state index in [0.29, 0.717) is 36.1 Å². The van der Waals surface area contributed by atoms with E-state index < -0.39 is 0 Å². The van der Waals surface area contributed by atoms with Gasteiger partial charge in [0.15, 0.2) is 0 Å². The van der Waals surface area contributed by atoms with E-state index in [1.807, 2.05) is 67.7 Å². The van der Waals surface area contributed by atoms with Crippen LogP contribution < -0.4 is 10.1 Å². The van der Waals surface area contributed by atoms with Gasteiger partial charge in [-0.1, -0.05) is 61.5 Å². The monoisotopic (exact) mass is 505 g/mol. The van der Waals surface area contributed by atoms with Crippen LogP contribution in [0, 0.1) is 6.92 Å². The van der Waals surface area contributed by atoms with Crippen LogP contribution in [0.4, 0.5) is 0 Å². The molecule has 0 spiro atoms. The number of ether oxygens (including phenoxy) is 1. The summed E-state index contributed by atoms with van der Waals surface area (Å²) in [6.07, 6.45) is 3.58. The van der Waals surface area contributed by atoms with Crippen molar-refractivity contribution in [3.8, 4) is 28.1 Å². The average Bonchev–Trinajstić information content (AvgIpc) is 3.37. The number of carbonyl (C=O) groups excluding carboxylic acids is 1. The normalized spacial score (nSPS) is 11.2. The minimum atomic E-state index is -0.306. The summed E-state index contributed by atoms with van der Waals surface area (Å²) >= 11 is 0. The highest BCUT2D eigenvalue weighted by atomic mass is 16.5. The Hall–Kier alpha value is -4.45. The third-order valence-corrected chi connectivity index (χ3v) is 6.65. The van der Waals surface area contributed by atoms with E-state index in [-0.39, 0.29) is 11.7 Å². The van der Waals surface area contributed by atoms with Gasteiger partial charge in [0.05, 0.1) is 5.56 Å². The van der Waals surface area contributed by atoms with Crippen LogP contribution in [0.2, 0.25) is 0 Å². The average molecular weight is 506 g/mol. The number of benzene rings is 3. The molecule has 0 aliphatic rings. The Morgan fingerprint density at radius 2 is 1.84 bits per heavy atom. The van der Waals surface area contributed by atoms with Crippen LogP contribution in [0.1, 0.15) is 53.9 Å². The van der Waals surface area contributed by atoms with Crippen molar-refractivity contribution in [2.75, 3.05) is 6.54 Å². The molecule has 1 amide bonds.